The number of para-hydroxylation sites is 1. The SMILES string of the molecule is Cc1cccc(CN)c1N1CCC(CN(C)C)CC1. The Bertz CT molecular complexity index is 406. The van der Waals surface area contributed by atoms with Gasteiger partial charge in [0.25, 0.3) is 0 Å². The van der Waals surface area contributed by atoms with Crippen molar-refractivity contribution in [3.8, 4) is 0 Å². The summed E-state index contributed by atoms with van der Waals surface area (Å²) < 4.78 is 0. The van der Waals surface area contributed by atoms with E-state index in [0.717, 1.165) is 19.0 Å². The van der Waals surface area contributed by atoms with E-state index in [2.05, 4.69) is 49.0 Å². The van der Waals surface area contributed by atoms with E-state index in [4.69, 9.17) is 5.73 Å². The summed E-state index contributed by atoms with van der Waals surface area (Å²) in [5, 5.41) is 0. The zero-order valence-corrected chi connectivity index (χ0v) is 12.5. The summed E-state index contributed by atoms with van der Waals surface area (Å²) in [6.45, 7) is 6.37. The molecule has 0 amide bonds. The van der Waals surface area contributed by atoms with Gasteiger partial charge < -0.3 is 15.5 Å². The smallest absolute Gasteiger partial charge is 0.0441 e. The zero-order chi connectivity index (χ0) is 13.8. The van der Waals surface area contributed by atoms with E-state index in [1.165, 1.54) is 36.2 Å². The summed E-state index contributed by atoms with van der Waals surface area (Å²) in [7, 11) is 4.33. The Morgan fingerprint density at radius 1 is 1.26 bits per heavy atom. The number of nitrogens with two attached hydrogens (primary N) is 1. The van der Waals surface area contributed by atoms with Crippen molar-refractivity contribution in [1.29, 1.82) is 0 Å². The highest BCUT2D eigenvalue weighted by molar-refractivity contribution is 5.59. The molecule has 1 fully saturated rings. The van der Waals surface area contributed by atoms with Gasteiger partial charge in [0.05, 0.1) is 0 Å². The Morgan fingerprint density at radius 3 is 2.53 bits per heavy atom. The normalized spacial score (nSPS) is 17.2. The van der Waals surface area contributed by atoms with E-state index in [1.54, 1.807) is 0 Å². The Hall–Kier alpha value is -1.06. The van der Waals surface area contributed by atoms with Crippen LogP contribution in [0.25, 0.3) is 0 Å². The molecule has 0 unspecified atom stereocenters. The van der Waals surface area contributed by atoms with Gasteiger partial charge in [0.1, 0.15) is 0 Å². The molecule has 1 saturated heterocycles. The molecule has 3 heteroatoms. The maximum Gasteiger partial charge on any atom is 0.0441 e. The van der Waals surface area contributed by atoms with Crippen LogP contribution in [0.1, 0.15) is 24.0 Å². The van der Waals surface area contributed by atoms with Crippen molar-refractivity contribution in [2.75, 3.05) is 38.6 Å². The molecular weight excluding hydrogens is 234 g/mol. The second-order valence-corrected chi connectivity index (χ2v) is 5.98. The number of piperidine rings is 1. The lowest BCUT2D eigenvalue weighted by atomic mass is 9.94. The second kappa shape index (κ2) is 6.40. The summed E-state index contributed by atoms with van der Waals surface area (Å²) >= 11 is 0. The lowest BCUT2D eigenvalue weighted by Gasteiger charge is -2.36. The maximum atomic E-state index is 5.89. The zero-order valence-electron chi connectivity index (χ0n) is 12.5. The van der Waals surface area contributed by atoms with Crippen LogP contribution in [-0.4, -0.2) is 38.6 Å². The van der Waals surface area contributed by atoms with Crippen LogP contribution in [0.15, 0.2) is 18.2 Å². The third-order valence-corrected chi connectivity index (χ3v) is 4.10. The molecule has 1 aliphatic heterocycles. The minimum atomic E-state index is 0.634. The van der Waals surface area contributed by atoms with Crippen molar-refractivity contribution in [3.63, 3.8) is 0 Å². The van der Waals surface area contributed by atoms with Crippen molar-refractivity contribution < 1.29 is 0 Å². The topological polar surface area (TPSA) is 32.5 Å². The third kappa shape index (κ3) is 3.48. The summed E-state index contributed by atoms with van der Waals surface area (Å²) in [6.07, 6.45) is 2.58. The predicted molar refractivity (Wildman–Crippen MR) is 82.6 cm³/mol. The predicted octanol–water partition coefficient (Wildman–Crippen LogP) is 2.23. The van der Waals surface area contributed by atoms with Gasteiger partial charge in [-0.2, -0.15) is 0 Å². The minimum absolute atomic E-state index is 0.634. The lowest BCUT2D eigenvalue weighted by Crippen LogP contribution is -2.38. The molecule has 0 saturated carbocycles. The van der Waals surface area contributed by atoms with Gasteiger partial charge in [0, 0.05) is 31.9 Å². The first-order valence-electron chi connectivity index (χ1n) is 7.30. The van der Waals surface area contributed by atoms with Gasteiger partial charge in [-0.25, -0.2) is 0 Å². The van der Waals surface area contributed by atoms with E-state index in [9.17, 15) is 0 Å². The lowest BCUT2D eigenvalue weighted by molar-refractivity contribution is 0.285. The molecule has 1 heterocycles. The van der Waals surface area contributed by atoms with E-state index in [-0.39, 0.29) is 0 Å². The van der Waals surface area contributed by atoms with Crippen LogP contribution in [0.3, 0.4) is 0 Å². The van der Waals surface area contributed by atoms with Gasteiger partial charge in [-0.3, -0.25) is 0 Å². The first kappa shape index (κ1) is 14.4. The van der Waals surface area contributed by atoms with E-state index >= 15 is 0 Å². The van der Waals surface area contributed by atoms with Gasteiger partial charge >= 0.3 is 0 Å². The molecule has 1 aliphatic rings. The maximum absolute atomic E-state index is 5.89. The molecular formula is C16H27N3. The fourth-order valence-electron chi connectivity index (χ4n) is 3.19. The van der Waals surface area contributed by atoms with Crippen molar-refractivity contribution in [2.45, 2.75) is 26.3 Å². The van der Waals surface area contributed by atoms with Crippen LogP contribution in [0, 0.1) is 12.8 Å². The van der Waals surface area contributed by atoms with Crippen molar-refractivity contribution in [3.05, 3.63) is 29.3 Å². The van der Waals surface area contributed by atoms with E-state index in [1.807, 2.05) is 0 Å². The van der Waals surface area contributed by atoms with Gasteiger partial charge in [-0.15, -0.1) is 0 Å². The highest BCUT2D eigenvalue weighted by Crippen LogP contribution is 2.29. The fraction of sp³-hybridized carbons (Fsp3) is 0.625. The molecule has 0 atom stereocenters. The van der Waals surface area contributed by atoms with Crippen LogP contribution in [0.5, 0.6) is 0 Å². The minimum Gasteiger partial charge on any atom is -0.371 e. The molecule has 0 aliphatic carbocycles. The Morgan fingerprint density at radius 2 is 1.95 bits per heavy atom. The average molecular weight is 261 g/mol. The summed E-state index contributed by atoms with van der Waals surface area (Å²) in [5.74, 6) is 0.844. The standard InChI is InChI=1S/C16H27N3/c1-13-5-4-6-15(11-17)16(13)19-9-7-14(8-10-19)12-18(2)3/h4-6,14H,7-12,17H2,1-3H3. The first-order chi connectivity index (χ1) is 9.11. The molecule has 106 valence electrons. The summed E-state index contributed by atoms with van der Waals surface area (Å²) in [4.78, 5) is 4.84. The average Bonchev–Trinajstić information content (AvgIpc) is 2.39. The van der Waals surface area contributed by atoms with Gasteiger partial charge in [0.2, 0.25) is 0 Å². The van der Waals surface area contributed by atoms with Crippen molar-refractivity contribution in [1.82, 2.24) is 4.90 Å². The molecule has 3 nitrogen and oxygen atoms in total. The molecule has 0 radical (unpaired) electrons. The van der Waals surface area contributed by atoms with Crippen molar-refractivity contribution >= 4 is 5.69 Å². The second-order valence-electron chi connectivity index (χ2n) is 5.98. The quantitative estimate of drug-likeness (QED) is 0.902. The highest BCUT2D eigenvalue weighted by Gasteiger charge is 2.22. The summed E-state index contributed by atoms with van der Waals surface area (Å²) in [5.41, 5.74) is 9.91. The number of rotatable bonds is 4. The van der Waals surface area contributed by atoms with Crippen LogP contribution in [0.4, 0.5) is 5.69 Å². The van der Waals surface area contributed by atoms with Gasteiger partial charge in [-0.05, 0) is 50.9 Å². The molecule has 19 heavy (non-hydrogen) atoms. The number of anilines is 1. The Labute approximate surface area is 117 Å². The van der Waals surface area contributed by atoms with Crippen molar-refractivity contribution in [2.24, 2.45) is 11.7 Å². The Kier molecular flexibility index (Phi) is 4.83. The molecule has 0 bridgehead atoms. The summed E-state index contributed by atoms with van der Waals surface area (Å²) in [6, 6.07) is 6.47. The molecule has 0 aromatic heterocycles. The monoisotopic (exact) mass is 261 g/mol. The number of benzene rings is 1. The van der Waals surface area contributed by atoms with Gasteiger partial charge in [0.15, 0.2) is 0 Å². The van der Waals surface area contributed by atoms with Crippen LogP contribution in [0.2, 0.25) is 0 Å². The first-order valence-corrected chi connectivity index (χ1v) is 7.30. The van der Waals surface area contributed by atoms with Crippen LogP contribution < -0.4 is 10.6 Å². The molecule has 2 rings (SSSR count). The number of nitrogens with zero attached hydrogens (tertiary/aromatic N) is 2. The molecule has 1 aromatic carbocycles. The van der Waals surface area contributed by atoms with Crippen LogP contribution in [-0.2, 0) is 6.54 Å². The number of hydrogen-bond donors (Lipinski definition) is 1. The fourth-order valence-corrected chi connectivity index (χ4v) is 3.19. The largest absolute Gasteiger partial charge is 0.371 e. The van der Waals surface area contributed by atoms with E-state index in [0.29, 0.717) is 6.54 Å². The highest BCUT2D eigenvalue weighted by atomic mass is 15.1. The molecule has 1 aromatic rings. The number of aryl methyl sites for hydroxylation is 1. The molecule has 2 N–H and O–H groups in total. The van der Waals surface area contributed by atoms with E-state index < -0.39 is 0 Å². The van der Waals surface area contributed by atoms with Crippen LogP contribution >= 0.6 is 0 Å². The molecule has 0 spiro atoms. The van der Waals surface area contributed by atoms with Gasteiger partial charge in [-0.1, -0.05) is 18.2 Å². The Balaban J connectivity index is 2.05. The number of hydrogen-bond acceptors (Lipinski definition) is 3. The third-order valence-electron chi connectivity index (χ3n) is 4.10.